The Labute approximate surface area is 153 Å². The third-order valence-electron chi connectivity index (χ3n) is 5.51. The average molecular weight is 358 g/mol. The first-order valence-corrected chi connectivity index (χ1v) is 9.18. The molecular formula is C19H26N4O3. The molecule has 4 rings (SSSR count). The van der Waals surface area contributed by atoms with Crippen LogP contribution >= 0.6 is 0 Å². The summed E-state index contributed by atoms with van der Waals surface area (Å²) in [5, 5.41) is 14.0. The van der Waals surface area contributed by atoms with Gasteiger partial charge in [-0.1, -0.05) is 6.07 Å². The molecule has 2 aromatic rings. The minimum absolute atomic E-state index is 0.0892. The zero-order chi connectivity index (χ0) is 18.0. The molecular weight excluding hydrogens is 332 g/mol. The van der Waals surface area contributed by atoms with E-state index in [1.807, 2.05) is 6.07 Å². The topological polar surface area (TPSA) is 72.6 Å². The molecule has 0 amide bonds. The number of aliphatic hydroxyl groups excluding tert-OH is 1. The Hall–Kier alpha value is -1.96. The van der Waals surface area contributed by atoms with Crippen molar-refractivity contribution in [1.29, 1.82) is 0 Å². The molecule has 26 heavy (non-hydrogen) atoms. The van der Waals surface area contributed by atoms with E-state index in [4.69, 9.17) is 9.47 Å². The van der Waals surface area contributed by atoms with Crippen molar-refractivity contribution in [1.82, 2.24) is 19.7 Å². The number of aliphatic hydroxyl groups is 1. The number of rotatable bonds is 5. The van der Waals surface area contributed by atoms with Crippen LogP contribution in [0.2, 0.25) is 0 Å². The van der Waals surface area contributed by atoms with Crippen molar-refractivity contribution < 1.29 is 14.6 Å². The quantitative estimate of drug-likeness (QED) is 0.872. The van der Waals surface area contributed by atoms with Gasteiger partial charge in [0.1, 0.15) is 18.4 Å². The smallest absolute Gasteiger partial charge is 0.137 e. The van der Waals surface area contributed by atoms with E-state index in [-0.39, 0.29) is 11.7 Å². The lowest BCUT2D eigenvalue weighted by Gasteiger charge is -2.38. The van der Waals surface area contributed by atoms with E-state index in [0.717, 1.165) is 50.2 Å². The summed E-state index contributed by atoms with van der Waals surface area (Å²) in [5.41, 5.74) is 2.28. The second-order valence-corrected chi connectivity index (χ2v) is 7.37. The number of nitrogens with zero attached hydrogens (tertiary/aromatic N) is 4. The molecule has 0 unspecified atom stereocenters. The van der Waals surface area contributed by atoms with Gasteiger partial charge in [-0.25, -0.2) is 9.67 Å². The van der Waals surface area contributed by atoms with Crippen molar-refractivity contribution in [3.05, 3.63) is 42.0 Å². The number of hydrogen-bond donors (Lipinski definition) is 1. The van der Waals surface area contributed by atoms with E-state index in [1.54, 1.807) is 24.4 Å². The predicted octanol–water partition coefficient (Wildman–Crippen LogP) is 1.45. The molecule has 7 nitrogen and oxygen atoms in total. The van der Waals surface area contributed by atoms with Crippen LogP contribution in [0.15, 0.2) is 30.9 Å². The molecule has 1 spiro atoms. The Kier molecular flexibility index (Phi) is 4.93. The van der Waals surface area contributed by atoms with Crippen molar-refractivity contribution in [3.63, 3.8) is 0 Å². The van der Waals surface area contributed by atoms with Crippen molar-refractivity contribution in [2.24, 2.45) is 0 Å². The fraction of sp³-hybridized carbons (Fsp3) is 0.579. The van der Waals surface area contributed by atoms with Gasteiger partial charge in [-0.15, -0.1) is 0 Å². The van der Waals surface area contributed by atoms with E-state index >= 15 is 0 Å². The third-order valence-corrected chi connectivity index (χ3v) is 5.51. The maximum absolute atomic E-state index is 9.77. The molecule has 7 heteroatoms. The molecule has 3 heterocycles. The van der Waals surface area contributed by atoms with Crippen LogP contribution < -0.4 is 4.74 Å². The van der Waals surface area contributed by atoms with E-state index in [2.05, 4.69) is 27.1 Å². The number of ether oxygens (including phenoxy) is 2. The summed E-state index contributed by atoms with van der Waals surface area (Å²) in [6.45, 7) is 4.04. The summed E-state index contributed by atoms with van der Waals surface area (Å²) in [6.07, 6.45) is 5.74. The Morgan fingerprint density at radius 3 is 2.81 bits per heavy atom. The zero-order valence-corrected chi connectivity index (χ0v) is 15.2. The van der Waals surface area contributed by atoms with Crippen molar-refractivity contribution in [2.75, 3.05) is 26.8 Å². The van der Waals surface area contributed by atoms with Gasteiger partial charge in [0.05, 0.1) is 32.0 Å². The molecule has 2 aliphatic heterocycles. The van der Waals surface area contributed by atoms with Crippen LogP contribution in [0, 0.1) is 0 Å². The van der Waals surface area contributed by atoms with Gasteiger partial charge in [0.25, 0.3) is 0 Å². The second kappa shape index (κ2) is 7.34. The van der Waals surface area contributed by atoms with Gasteiger partial charge in [0, 0.05) is 31.6 Å². The van der Waals surface area contributed by atoms with Crippen LogP contribution in [-0.4, -0.2) is 63.3 Å². The van der Waals surface area contributed by atoms with E-state index < -0.39 is 0 Å². The van der Waals surface area contributed by atoms with Crippen molar-refractivity contribution in [2.45, 2.75) is 44.1 Å². The van der Waals surface area contributed by atoms with Crippen LogP contribution in [0.3, 0.4) is 0 Å². The Morgan fingerprint density at radius 2 is 2.15 bits per heavy atom. The normalized spacial score (nSPS) is 22.8. The van der Waals surface area contributed by atoms with Gasteiger partial charge in [0.15, 0.2) is 0 Å². The van der Waals surface area contributed by atoms with Gasteiger partial charge in [-0.3, -0.25) is 4.90 Å². The number of benzene rings is 1. The number of aromatic nitrogens is 3. The van der Waals surface area contributed by atoms with Gasteiger partial charge < -0.3 is 14.6 Å². The monoisotopic (exact) mass is 358 g/mol. The highest BCUT2D eigenvalue weighted by Crippen LogP contribution is 2.36. The van der Waals surface area contributed by atoms with Crippen LogP contribution in [-0.2, 0) is 17.8 Å². The molecule has 0 radical (unpaired) electrons. The van der Waals surface area contributed by atoms with Gasteiger partial charge >= 0.3 is 0 Å². The molecule has 2 saturated heterocycles. The molecule has 1 N–H and O–H groups in total. The van der Waals surface area contributed by atoms with Gasteiger partial charge in [-0.2, -0.15) is 5.10 Å². The average Bonchev–Trinajstić information content (AvgIpc) is 3.28. The summed E-state index contributed by atoms with van der Waals surface area (Å²) in [7, 11) is 1.69. The Balaban J connectivity index is 1.40. The predicted molar refractivity (Wildman–Crippen MR) is 95.9 cm³/mol. The fourth-order valence-electron chi connectivity index (χ4n) is 4.09. The molecule has 0 saturated carbocycles. The zero-order valence-electron chi connectivity index (χ0n) is 15.2. The minimum Gasteiger partial charge on any atom is -0.496 e. The van der Waals surface area contributed by atoms with E-state index in [1.165, 1.54) is 5.56 Å². The number of methoxy groups -OCH3 is 1. The maximum Gasteiger partial charge on any atom is 0.137 e. The lowest BCUT2D eigenvalue weighted by atomic mass is 9.88. The first-order valence-electron chi connectivity index (χ1n) is 9.18. The molecule has 0 bridgehead atoms. The molecule has 2 fully saturated rings. The third kappa shape index (κ3) is 3.75. The van der Waals surface area contributed by atoms with Crippen molar-refractivity contribution >= 4 is 0 Å². The first-order chi connectivity index (χ1) is 12.7. The highest BCUT2D eigenvalue weighted by Gasteiger charge is 2.41. The Morgan fingerprint density at radius 1 is 1.31 bits per heavy atom. The Bertz CT molecular complexity index is 726. The first kappa shape index (κ1) is 17.5. The van der Waals surface area contributed by atoms with Crippen LogP contribution in [0.4, 0.5) is 0 Å². The minimum atomic E-state index is -0.289. The number of likely N-dealkylation sites (tertiary alicyclic amines) is 1. The molecule has 1 aromatic carbocycles. The van der Waals surface area contributed by atoms with Crippen LogP contribution in [0.5, 0.6) is 5.75 Å². The van der Waals surface area contributed by atoms with Crippen molar-refractivity contribution in [3.8, 4) is 5.75 Å². The lowest BCUT2D eigenvalue weighted by Crippen LogP contribution is -2.43. The molecule has 0 aliphatic carbocycles. The molecule has 1 atom stereocenters. The maximum atomic E-state index is 9.77. The van der Waals surface area contributed by atoms with Crippen LogP contribution in [0.25, 0.3) is 0 Å². The summed E-state index contributed by atoms with van der Waals surface area (Å²) >= 11 is 0. The SMILES string of the molecule is COc1ccc(CN2CCC3(CC2)C[C@@H](O)CO3)cc1Cn1cncn1. The van der Waals surface area contributed by atoms with E-state index in [0.29, 0.717) is 13.2 Å². The molecule has 1 aromatic heterocycles. The summed E-state index contributed by atoms with van der Waals surface area (Å²) in [6, 6.07) is 6.36. The number of piperidine rings is 1. The highest BCUT2D eigenvalue weighted by molar-refractivity contribution is 5.37. The van der Waals surface area contributed by atoms with Crippen LogP contribution in [0.1, 0.15) is 30.4 Å². The molecule has 2 aliphatic rings. The van der Waals surface area contributed by atoms with Gasteiger partial charge in [0.2, 0.25) is 0 Å². The fourth-order valence-corrected chi connectivity index (χ4v) is 4.09. The number of hydrogen-bond acceptors (Lipinski definition) is 6. The summed E-state index contributed by atoms with van der Waals surface area (Å²) in [5.74, 6) is 0.871. The second-order valence-electron chi connectivity index (χ2n) is 7.37. The van der Waals surface area contributed by atoms with Gasteiger partial charge in [-0.05, 0) is 30.5 Å². The standard InChI is InChI=1S/C19H26N4O3/c1-25-18-3-2-15(8-16(18)11-23-14-20-13-21-23)10-22-6-4-19(5-7-22)9-17(24)12-26-19/h2-3,8,13-14,17,24H,4-7,9-12H2,1H3/t17-/m1/s1. The molecule has 140 valence electrons. The van der Waals surface area contributed by atoms with E-state index in [9.17, 15) is 5.11 Å². The summed E-state index contributed by atoms with van der Waals surface area (Å²) in [4.78, 5) is 6.46. The largest absolute Gasteiger partial charge is 0.496 e. The lowest BCUT2D eigenvalue weighted by molar-refractivity contribution is -0.0456. The highest BCUT2D eigenvalue weighted by atomic mass is 16.5. The summed E-state index contributed by atoms with van der Waals surface area (Å²) < 4.78 is 13.2.